The minimum Gasteiger partial charge on any atom is -0.431 e. The Morgan fingerprint density at radius 2 is 2.08 bits per heavy atom. The molecule has 0 spiro atoms. The predicted molar refractivity (Wildman–Crippen MR) is 102 cm³/mol. The van der Waals surface area contributed by atoms with Crippen molar-refractivity contribution in [1.29, 1.82) is 0 Å². The molecule has 0 N–H and O–H groups in total. The Balaban J connectivity index is 1.42. The van der Waals surface area contributed by atoms with Crippen molar-refractivity contribution in [3.8, 4) is 10.9 Å². The molecule has 1 fully saturated rings. The van der Waals surface area contributed by atoms with Crippen LogP contribution in [0, 0.1) is 0 Å². The first kappa shape index (κ1) is 16.5. The zero-order valence-corrected chi connectivity index (χ0v) is 15.3. The van der Waals surface area contributed by atoms with Crippen molar-refractivity contribution in [3.63, 3.8) is 0 Å². The molecule has 1 aliphatic rings. The quantitative estimate of drug-likeness (QED) is 0.628. The van der Waals surface area contributed by atoms with Crippen LogP contribution in [0.3, 0.4) is 0 Å². The third kappa shape index (κ3) is 3.83. The molecule has 1 saturated heterocycles. The van der Waals surface area contributed by atoms with Gasteiger partial charge in [-0.25, -0.2) is 4.98 Å². The van der Waals surface area contributed by atoms with Gasteiger partial charge in [-0.2, -0.15) is 4.98 Å². The van der Waals surface area contributed by atoms with Gasteiger partial charge in [0.05, 0.1) is 4.70 Å². The van der Waals surface area contributed by atoms with Crippen molar-refractivity contribution in [2.45, 2.75) is 45.2 Å². The molecule has 1 atom stereocenters. The zero-order valence-electron chi connectivity index (χ0n) is 14.5. The second-order valence-electron chi connectivity index (χ2n) is 6.58. The lowest BCUT2D eigenvalue weighted by molar-refractivity contribution is 0.136. The highest BCUT2D eigenvalue weighted by atomic mass is 32.1. The number of benzene rings is 1. The van der Waals surface area contributed by atoms with E-state index in [-0.39, 0.29) is 0 Å². The fraction of sp³-hybridized carbons (Fsp3) is 0.400. The summed E-state index contributed by atoms with van der Waals surface area (Å²) in [6.45, 7) is 4.55. The molecule has 2 aromatic heterocycles. The van der Waals surface area contributed by atoms with Crippen LogP contribution >= 0.6 is 11.3 Å². The molecule has 130 valence electrons. The minimum atomic E-state index is 0.642. The van der Waals surface area contributed by atoms with Crippen LogP contribution in [0.4, 0.5) is 0 Å². The number of thiazole rings is 1. The van der Waals surface area contributed by atoms with Gasteiger partial charge in [0.15, 0.2) is 5.65 Å². The molecule has 4 nitrogen and oxygen atoms in total. The molecule has 0 radical (unpaired) electrons. The van der Waals surface area contributed by atoms with Crippen molar-refractivity contribution >= 4 is 21.7 Å². The molecular formula is C20H23N3OS. The molecule has 0 bridgehead atoms. The van der Waals surface area contributed by atoms with Crippen LogP contribution in [0.1, 0.15) is 38.2 Å². The topological polar surface area (TPSA) is 38.2 Å². The molecule has 1 aliphatic heterocycles. The van der Waals surface area contributed by atoms with Crippen molar-refractivity contribution in [2.24, 2.45) is 0 Å². The van der Waals surface area contributed by atoms with E-state index >= 15 is 0 Å². The Bertz CT molecular complexity index is 797. The van der Waals surface area contributed by atoms with E-state index in [1.807, 2.05) is 24.3 Å². The summed E-state index contributed by atoms with van der Waals surface area (Å²) in [6, 6.07) is 13.1. The lowest BCUT2D eigenvalue weighted by Gasteiger charge is -2.35. The molecule has 3 aromatic rings. The number of hydrogen-bond donors (Lipinski definition) is 0. The number of nitrogens with zero attached hydrogens (tertiary/aromatic N) is 3. The maximum Gasteiger partial charge on any atom is 0.281 e. The van der Waals surface area contributed by atoms with Crippen LogP contribution < -0.4 is 4.74 Å². The molecule has 4 rings (SSSR count). The van der Waals surface area contributed by atoms with Crippen LogP contribution in [0.15, 0.2) is 42.6 Å². The molecule has 5 heteroatoms. The lowest BCUT2D eigenvalue weighted by atomic mass is 9.99. The maximum atomic E-state index is 5.90. The van der Waals surface area contributed by atoms with Gasteiger partial charge < -0.3 is 4.74 Å². The summed E-state index contributed by atoms with van der Waals surface area (Å²) in [5.41, 5.74) is 2.09. The summed E-state index contributed by atoms with van der Waals surface area (Å²) < 4.78 is 6.95. The Morgan fingerprint density at radius 1 is 1.20 bits per heavy atom. The van der Waals surface area contributed by atoms with Gasteiger partial charge in [0.1, 0.15) is 5.75 Å². The van der Waals surface area contributed by atoms with E-state index in [9.17, 15) is 0 Å². The molecule has 1 unspecified atom stereocenters. The normalized spacial score (nSPS) is 18.5. The fourth-order valence-corrected chi connectivity index (χ4v) is 4.32. The molecule has 0 aliphatic carbocycles. The SMILES string of the molecule is CCC1CCCCN1Cc1ccc(Oc2nc3ncccc3s2)cc1. The first-order valence-electron chi connectivity index (χ1n) is 9.04. The van der Waals surface area contributed by atoms with Gasteiger partial charge >= 0.3 is 0 Å². The van der Waals surface area contributed by atoms with E-state index in [0.29, 0.717) is 5.19 Å². The highest BCUT2D eigenvalue weighted by molar-refractivity contribution is 7.20. The highest BCUT2D eigenvalue weighted by Crippen LogP contribution is 2.30. The van der Waals surface area contributed by atoms with Gasteiger partial charge in [0.2, 0.25) is 0 Å². The van der Waals surface area contributed by atoms with Gasteiger partial charge in [-0.15, -0.1) is 0 Å². The first-order chi connectivity index (χ1) is 12.3. The Hall–Kier alpha value is -1.98. The standard InChI is InChI=1S/C20H23N3OS/c1-2-16-6-3-4-13-23(16)14-15-8-10-17(11-9-15)24-20-22-19-18(25-20)7-5-12-21-19/h5,7-12,16H,2-4,6,13-14H2,1H3. The molecule has 1 aromatic carbocycles. The fourth-order valence-electron chi connectivity index (χ4n) is 3.52. The largest absolute Gasteiger partial charge is 0.431 e. The minimum absolute atomic E-state index is 0.642. The van der Waals surface area contributed by atoms with Crippen molar-refractivity contribution in [2.75, 3.05) is 6.54 Å². The van der Waals surface area contributed by atoms with Crippen molar-refractivity contribution in [1.82, 2.24) is 14.9 Å². The van der Waals surface area contributed by atoms with E-state index in [1.165, 1.54) is 49.1 Å². The van der Waals surface area contributed by atoms with Crippen molar-refractivity contribution in [3.05, 3.63) is 48.2 Å². The number of pyridine rings is 1. The van der Waals surface area contributed by atoms with Crippen molar-refractivity contribution < 1.29 is 4.74 Å². The Morgan fingerprint density at radius 3 is 2.88 bits per heavy atom. The second kappa shape index (κ2) is 7.50. The number of ether oxygens (including phenoxy) is 1. The lowest BCUT2D eigenvalue weighted by Crippen LogP contribution is -2.38. The maximum absolute atomic E-state index is 5.90. The molecule has 25 heavy (non-hydrogen) atoms. The van der Waals surface area contributed by atoms with Crippen LogP contribution in [0.5, 0.6) is 10.9 Å². The molecular weight excluding hydrogens is 330 g/mol. The average Bonchev–Trinajstić information content (AvgIpc) is 3.06. The predicted octanol–water partition coefficient (Wildman–Crippen LogP) is 5.25. The van der Waals surface area contributed by atoms with Crippen LogP contribution in [0.2, 0.25) is 0 Å². The summed E-state index contributed by atoms with van der Waals surface area (Å²) in [7, 11) is 0. The first-order valence-corrected chi connectivity index (χ1v) is 9.86. The Labute approximate surface area is 152 Å². The van der Waals surface area contributed by atoms with E-state index < -0.39 is 0 Å². The summed E-state index contributed by atoms with van der Waals surface area (Å²) >= 11 is 1.52. The van der Waals surface area contributed by atoms with E-state index in [4.69, 9.17) is 4.74 Å². The second-order valence-corrected chi connectivity index (χ2v) is 7.57. The highest BCUT2D eigenvalue weighted by Gasteiger charge is 2.20. The number of piperidine rings is 1. The monoisotopic (exact) mass is 353 g/mol. The summed E-state index contributed by atoms with van der Waals surface area (Å²) in [4.78, 5) is 11.3. The molecule has 0 amide bonds. The van der Waals surface area contributed by atoms with Gasteiger partial charge in [-0.3, -0.25) is 4.90 Å². The number of aromatic nitrogens is 2. The number of likely N-dealkylation sites (tertiary alicyclic amines) is 1. The summed E-state index contributed by atoms with van der Waals surface area (Å²) in [5.74, 6) is 0.827. The zero-order chi connectivity index (χ0) is 17.1. The average molecular weight is 353 g/mol. The van der Waals surface area contributed by atoms with Gasteiger partial charge in [0, 0.05) is 18.8 Å². The third-order valence-corrected chi connectivity index (χ3v) is 5.77. The van der Waals surface area contributed by atoms with E-state index in [2.05, 4.69) is 33.9 Å². The molecule has 0 saturated carbocycles. The smallest absolute Gasteiger partial charge is 0.281 e. The van der Waals surface area contributed by atoms with Gasteiger partial charge in [-0.1, -0.05) is 36.8 Å². The van der Waals surface area contributed by atoms with E-state index in [0.717, 1.165) is 28.7 Å². The van der Waals surface area contributed by atoms with Crippen LogP contribution in [0.25, 0.3) is 10.3 Å². The number of hydrogen-bond acceptors (Lipinski definition) is 5. The summed E-state index contributed by atoms with van der Waals surface area (Å²) in [5, 5.41) is 0.642. The molecule has 3 heterocycles. The van der Waals surface area contributed by atoms with Crippen LogP contribution in [-0.4, -0.2) is 27.5 Å². The number of fused-ring (bicyclic) bond motifs is 1. The van der Waals surface area contributed by atoms with Crippen LogP contribution in [-0.2, 0) is 6.54 Å². The number of rotatable bonds is 5. The third-order valence-electron chi connectivity index (χ3n) is 4.88. The Kier molecular flexibility index (Phi) is 4.95. The summed E-state index contributed by atoms with van der Waals surface area (Å²) in [6.07, 6.45) is 7.03. The van der Waals surface area contributed by atoms with E-state index in [1.54, 1.807) is 6.20 Å². The van der Waals surface area contributed by atoms with Gasteiger partial charge in [0.25, 0.3) is 5.19 Å². The van der Waals surface area contributed by atoms with Gasteiger partial charge in [-0.05, 0) is 55.6 Å².